The number of piperazine rings is 1. The number of aromatic nitrogens is 3. The maximum Gasteiger partial charge on any atom is 0.433 e. The van der Waals surface area contributed by atoms with E-state index >= 15 is 4.39 Å². The highest BCUT2D eigenvalue weighted by molar-refractivity contribution is 7.13. The standard InChI is InChI=1S/C29H24FN7O5S/c1-35-10-12-36(13-11-35)23-14-19-21(15-20(23)30)31-25(8-6-17-7-9-26(42-17)37(40)41)33-27(19)34-28(39)22-16-43-29(32-22)18-4-2-3-5-24(18)38/h2-9,14-16,38H,10-13H2,1H3,(H,31,33,34,39)/b8-6+. The number of benzene rings is 2. The van der Waals surface area contributed by atoms with Crippen LogP contribution in [0.3, 0.4) is 0 Å². The van der Waals surface area contributed by atoms with E-state index < -0.39 is 22.5 Å². The third-order valence-corrected chi connectivity index (χ3v) is 7.79. The molecule has 0 bridgehead atoms. The zero-order chi connectivity index (χ0) is 30.1. The van der Waals surface area contributed by atoms with Gasteiger partial charge >= 0.3 is 5.88 Å². The maximum absolute atomic E-state index is 15.4. The molecule has 0 spiro atoms. The van der Waals surface area contributed by atoms with E-state index in [4.69, 9.17) is 4.42 Å². The van der Waals surface area contributed by atoms with E-state index in [1.54, 1.807) is 29.6 Å². The number of fused-ring (bicyclic) bond motifs is 1. The minimum atomic E-state index is -0.652. The molecule has 1 saturated heterocycles. The first kappa shape index (κ1) is 27.9. The van der Waals surface area contributed by atoms with Crippen LogP contribution in [-0.2, 0) is 0 Å². The number of thiazole rings is 1. The third kappa shape index (κ3) is 5.91. The third-order valence-electron chi connectivity index (χ3n) is 6.92. The number of halogens is 1. The molecule has 43 heavy (non-hydrogen) atoms. The van der Waals surface area contributed by atoms with Crippen LogP contribution in [0.1, 0.15) is 22.1 Å². The van der Waals surface area contributed by atoms with Crippen LogP contribution in [0.5, 0.6) is 5.75 Å². The van der Waals surface area contributed by atoms with E-state index in [1.165, 1.54) is 47.8 Å². The molecular weight excluding hydrogens is 577 g/mol. The van der Waals surface area contributed by atoms with Gasteiger partial charge in [0, 0.05) is 43.0 Å². The Labute approximate surface area is 247 Å². The van der Waals surface area contributed by atoms with Crippen molar-refractivity contribution in [3.63, 3.8) is 0 Å². The van der Waals surface area contributed by atoms with E-state index in [9.17, 15) is 20.0 Å². The summed E-state index contributed by atoms with van der Waals surface area (Å²) in [5.74, 6) is -0.957. The lowest BCUT2D eigenvalue weighted by Crippen LogP contribution is -2.44. The number of carbonyl (C=O) groups is 1. The van der Waals surface area contributed by atoms with Gasteiger partial charge in [-0.3, -0.25) is 14.9 Å². The summed E-state index contributed by atoms with van der Waals surface area (Å²) in [4.78, 5) is 41.1. The van der Waals surface area contributed by atoms with Gasteiger partial charge in [0.25, 0.3) is 5.91 Å². The number of anilines is 2. The van der Waals surface area contributed by atoms with Gasteiger partial charge in [-0.05, 0) is 43.5 Å². The van der Waals surface area contributed by atoms with Crippen molar-refractivity contribution in [1.29, 1.82) is 0 Å². The Morgan fingerprint density at radius 3 is 2.65 bits per heavy atom. The number of carbonyl (C=O) groups excluding carboxylic acids is 1. The molecule has 2 N–H and O–H groups in total. The van der Waals surface area contributed by atoms with Crippen molar-refractivity contribution in [2.45, 2.75) is 0 Å². The minimum absolute atomic E-state index is 0.0439. The quantitative estimate of drug-likeness (QED) is 0.186. The molecular formula is C29H24FN7O5S. The summed E-state index contributed by atoms with van der Waals surface area (Å²) in [6.45, 7) is 2.81. The Balaban J connectivity index is 1.37. The van der Waals surface area contributed by atoms with Gasteiger partial charge in [0.2, 0.25) is 0 Å². The molecule has 1 aliphatic rings. The predicted molar refractivity (Wildman–Crippen MR) is 161 cm³/mol. The number of phenols is 1. The Bertz CT molecular complexity index is 1880. The first-order chi connectivity index (χ1) is 20.7. The molecule has 1 amide bonds. The van der Waals surface area contributed by atoms with Gasteiger partial charge in [0.05, 0.1) is 22.8 Å². The lowest BCUT2D eigenvalue weighted by atomic mass is 10.1. The SMILES string of the molecule is CN1CCN(c2cc3c(NC(=O)c4csc(-c5ccccc5O)n4)nc(/C=C/c4ccc([N+](=O)[O-])o4)nc3cc2F)CC1. The minimum Gasteiger partial charge on any atom is -0.507 e. The molecule has 0 aliphatic carbocycles. The monoisotopic (exact) mass is 601 g/mol. The van der Waals surface area contributed by atoms with Gasteiger partial charge < -0.3 is 24.6 Å². The van der Waals surface area contributed by atoms with Crippen molar-refractivity contribution in [2.75, 3.05) is 43.4 Å². The van der Waals surface area contributed by atoms with E-state index in [0.717, 1.165) is 13.1 Å². The van der Waals surface area contributed by atoms with Crippen LogP contribution >= 0.6 is 11.3 Å². The lowest BCUT2D eigenvalue weighted by Gasteiger charge is -2.34. The second-order valence-corrected chi connectivity index (χ2v) is 10.7. The molecule has 14 heteroatoms. The van der Waals surface area contributed by atoms with Crippen LogP contribution in [0.2, 0.25) is 0 Å². The topological polar surface area (TPSA) is 151 Å². The Morgan fingerprint density at radius 1 is 1.12 bits per heavy atom. The maximum atomic E-state index is 15.4. The number of hydrogen-bond donors (Lipinski definition) is 2. The highest BCUT2D eigenvalue weighted by atomic mass is 32.1. The van der Waals surface area contributed by atoms with Crippen LogP contribution in [0.4, 0.5) is 21.8 Å². The molecule has 4 heterocycles. The molecule has 2 aromatic carbocycles. The van der Waals surface area contributed by atoms with Gasteiger partial charge in [0.15, 0.2) is 5.82 Å². The second-order valence-electron chi connectivity index (χ2n) is 9.82. The van der Waals surface area contributed by atoms with E-state index in [0.29, 0.717) is 34.7 Å². The molecule has 5 aromatic rings. The predicted octanol–water partition coefficient (Wildman–Crippen LogP) is 5.27. The number of rotatable bonds is 7. The van der Waals surface area contributed by atoms with Crippen LogP contribution in [0.25, 0.3) is 33.6 Å². The average molecular weight is 602 g/mol. The summed E-state index contributed by atoms with van der Waals surface area (Å²) < 4.78 is 20.5. The molecule has 0 unspecified atom stereocenters. The van der Waals surface area contributed by atoms with Gasteiger partial charge in [-0.2, -0.15) is 0 Å². The van der Waals surface area contributed by atoms with Crippen LogP contribution in [0, 0.1) is 15.9 Å². The highest BCUT2D eigenvalue weighted by Gasteiger charge is 2.22. The van der Waals surface area contributed by atoms with Gasteiger partial charge in [-0.1, -0.05) is 12.1 Å². The molecule has 3 aromatic heterocycles. The normalized spacial score (nSPS) is 14.0. The van der Waals surface area contributed by atoms with Crippen molar-refractivity contribution in [1.82, 2.24) is 19.9 Å². The van der Waals surface area contributed by atoms with Crippen molar-refractivity contribution >= 4 is 57.7 Å². The van der Waals surface area contributed by atoms with Gasteiger partial charge in [0.1, 0.15) is 38.8 Å². The number of para-hydroxylation sites is 1. The summed E-state index contributed by atoms with van der Waals surface area (Å²) in [5.41, 5.74) is 1.23. The summed E-state index contributed by atoms with van der Waals surface area (Å²) in [6, 6.07) is 12.3. The molecule has 12 nitrogen and oxygen atoms in total. The van der Waals surface area contributed by atoms with Crippen molar-refractivity contribution < 1.29 is 23.6 Å². The smallest absolute Gasteiger partial charge is 0.433 e. The fourth-order valence-corrected chi connectivity index (χ4v) is 5.46. The van der Waals surface area contributed by atoms with E-state index in [-0.39, 0.29) is 34.4 Å². The Hall–Kier alpha value is -5.21. The molecule has 6 rings (SSSR count). The van der Waals surface area contributed by atoms with Gasteiger partial charge in [-0.25, -0.2) is 19.3 Å². The summed E-state index contributed by atoms with van der Waals surface area (Å²) in [7, 11) is 2.01. The zero-order valence-electron chi connectivity index (χ0n) is 22.7. The van der Waals surface area contributed by atoms with Crippen LogP contribution in [0.15, 0.2) is 58.3 Å². The molecule has 0 saturated carbocycles. The summed E-state index contributed by atoms with van der Waals surface area (Å²) in [6.07, 6.45) is 2.89. The number of nitrogens with one attached hydrogen (secondary N) is 1. The molecule has 1 aliphatic heterocycles. The Morgan fingerprint density at radius 2 is 1.91 bits per heavy atom. The molecule has 218 valence electrons. The lowest BCUT2D eigenvalue weighted by molar-refractivity contribution is -0.402. The van der Waals surface area contributed by atoms with Crippen LogP contribution in [-0.4, -0.2) is 69.0 Å². The fraction of sp³-hybridized carbons (Fsp3) is 0.172. The van der Waals surface area contributed by atoms with Crippen LogP contribution < -0.4 is 10.2 Å². The largest absolute Gasteiger partial charge is 0.507 e. The summed E-state index contributed by atoms with van der Waals surface area (Å²) in [5, 5.41) is 26.4. The first-order valence-corrected chi connectivity index (χ1v) is 14.1. The van der Waals surface area contributed by atoms with E-state index in [1.807, 2.05) is 11.9 Å². The van der Waals surface area contributed by atoms with Crippen molar-refractivity contribution in [3.8, 4) is 16.3 Å². The number of furan rings is 1. The first-order valence-electron chi connectivity index (χ1n) is 13.2. The number of aromatic hydroxyl groups is 1. The highest BCUT2D eigenvalue weighted by Crippen LogP contribution is 2.33. The number of amides is 1. The molecule has 1 fully saturated rings. The number of nitrogens with zero attached hydrogens (tertiary/aromatic N) is 6. The van der Waals surface area contributed by atoms with E-state index in [2.05, 4.69) is 25.2 Å². The second kappa shape index (κ2) is 11.6. The Kier molecular flexibility index (Phi) is 7.52. The summed E-state index contributed by atoms with van der Waals surface area (Å²) >= 11 is 1.20. The van der Waals surface area contributed by atoms with Crippen molar-refractivity contribution in [3.05, 3.63) is 87.1 Å². The zero-order valence-corrected chi connectivity index (χ0v) is 23.5. The number of nitro groups is 1. The number of hydrogen-bond acceptors (Lipinski definition) is 11. The average Bonchev–Trinajstić information content (AvgIpc) is 3.67. The fourth-order valence-electron chi connectivity index (χ4n) is 4.63. The molecule has 0 radical (unpaired) electrons. The number of phenolic OH excluding ortho intramolecular Hbond substituents is 1. The molecule has 0 atom stereocenters. The van der Waals surface area contributed by atoms with Crippen molar-refractivity contribution in [2.24, 2.45) is 0 Å². The number of likely N-dealkylation sites (N-methyl/N-ethyl adjacent to an activating group) is 1. The van der Waals surface area contributed by atoms with Gasteiger partial charge in [-0.15, -0.1) is 11.3 Å².